The summed E-state index contributed by atoms with van der Waals surface area (Å²) in [5.74, 6) is 0. The van der Waals surface area contributed by atoms with Crippen LogP contribution in [0.25, 0.3) is 0 Å². The molecule has 0 aromatic heterocycles. The van der Waals surface area contributed by atoms with Gasteiger partial charge in [0.2, 0.25) is 0 Å². The van der Waals surface area contributed by atoms with Gasteiger partial charge in [0.15, 0.2) is 0 Å². The van der Waals surface area contributed by atoms with Crippen molar-refractivity contribution >= 4 is 0 Å². The Morgan fingerprint density at radius 1 is 1.13 bits per heavy atom. The molecule has 0 fully saturated rings. The SMILES string of the molecule is CN(C)CCCN(C)C(CN)C(F)(F)F. The van der Waals surface area contributed by atoms with Gasteiger partial charge in [0, 0.05) is 6.54 Å². The molecule has 0 rings (SSSR count). The molecule has 92 valence electrons. The molecule has 0 saturated heterocycles. The van der Waals surface area contributed by atoms with E-state index in [0.29, 0.717) is 13.0 Å². The number of hydrogen-bond acceptors (Lipinski definition) is 3. The van der Waals surface area contributed by atoms with Crippen LogP contribution in [0.2, 0.25) is 0 Å². The van der Waals surface area contributed by atoms with Gasteiger partial charge < -0.3 is 10.6 Å². The fourth-order valence-corrected chi connectivity index (χ4v) is 1.36. The second kappa shape index (κ2) is 6.30. The first-order chi connectivity index (χ1) is 6.79. The number of halogens is 3. The fraction of sp³-hybridized carbons (Fsp3) is 1.00. The molecular weight excluding hydrogens is 207 g/mol. The minimum atomic E-state index is -4.23. The van der Waals surface area contributed by atoms with E-state index in [0.717, 1.165) is 6.54 Å². The van der Waals surface area contributed by atoms with Crippen molar-refractivity contribution in [1.82, 2.24) is 9.80 Å². The molecule has 0 aromatic carbocycles. The Kier molecular flexibility index (Phi) is 6.16. The van der Waals surface area contributed by atoms with Crippen LogP contribution in [0.5, 0.6) is 0 Å². The third-order valence-corrected chi connectivity index (χ3v) is 2.25. The summed E-state index contributed by atoms with van der Waals surface area (Å²) >= 11 is 0. The van der Waals surface area contributed by atoms with Gasteiger partial charge in [0.25, 0.3) is 0 Å². The van der Waals surface area contributed by atoms with Crippen molar-refractivity contribution in [3.63, 3.8) is 0 Å². The molecule has 0 radical (unpaired) electrons. The van der Waals surface area contributed by atoms with E-state index in [1.54, 1.807) is 0 Å². The summed E-state index contributed by atoms with van der Waals surface area (Å²) in [7, 11) is 5.25. The van der Waals surface area contributed by atoms with Gasteiger partial charge in [-0.3, -0.25) is 4.90 Å². The lowest BCUT2D eigenvalue weighted by Gasteiger charge is -2.29. The van der Waals surface area contributed by atoms with Crippen molar-refractivity contribution in [2.75, 3.05) is 40.8 Å². The van der Waals surface area contributed by atoms with E-state index in [1.165, 1.54) is 11.9 Å². The van der Waals surface area contributed by atoms with E-state index in [9.17, 15) is 13.2 Å². The highest BCUT2D eigenvalue weighted by molar-refractivity contribution is 4.77. The lowest BCUT2D eigenvalue weighted by atomic mass is 10.2. The molecule has 0 spiro atoms. The van der Waals surface area contributed by atoms with Crippen molar-refractivity contribution in [1.29, 1.82) is 0 Å². The van der Waals surface area contributed by atoms with Crippen molar-refractivity contribution < 1.29 is 13.2 Å². The Labute approximate surface area is 89.0 Å². The lowest BCUT2D eigenvalue weighted by molar-refractivity contribution is -0.177. The van der Waals surface area contributed by atoms with Crippen LogP contribution in [0, 0.1) is 0 Å². The lowest BCUT2D eigenvalue weighted by Crippen LogP contribution is -2.49. The Morgan fingerprint density at radius 3 is 2.00 bits per heavy atom. The molecule has 6 heteroatoms. The first-order valence-corrected chi connectivity index (χ1v) is 4.90. The maximum atomic E-state index is 12.4. The van der Waals surface area contributed by atoms with Gasteiger partial charge in [0.1, 0.15) is 6.04 Å². The molecule has 2 N–H and O–H groups in total. The highest BCUT2D eigenvalue weighted by Crippen LogP contribution is 2.23. The zero-order chi connectivity index (χ0) is 12.1. The minimum Gasteiger partial charge on any atom is -0.329 e. The van der Waals surface area contributed by atoms with Crippen LogP contribution >= 0.6 is 0 Å². The van der Waals surface area contributed by atoms with Crippen LogP contribution in [0.3, 0.4) is 0 Å². The smallest absolute Gasteiger partial charge is 0.329 e. The zero-order valence-electron chi connectivity index (χ0n) is 9.51. The fourth-order valence-electron chi connectivity index (χ4n) is 1.36. The Balaban J connectivity index is 4.00. The standard InChI is InChI=1S/C9H20F3N3/c1-14(2)5-4-6-15(3)8(7-13)9(10,11)12/h8H,4-7,13H2,1-3H3. The van der Waals surface area contributed by atoms with E-state index in [4.69, 9.17) is 5.73 Å². The molecule has 0 amide bonds. The van der Waals surface area contributed by atoms with Crippen LogP contribution in [-0.2, 0) is 0 Å². The minimum absolute atomic E-state index is 0.387. The number of alkyl halides is 3. The van der Waals surface area contributed by atoms with Gasteiger partial charge in [-0.2, -0.15) is 13.2 Å². The molecule has 0 aliphatic carbocycles. The third kappa shape index (κ3) is 5.96. The molecule has 3 nitrogen and oxygen atoms in total. The molecule has 0 aliphatic rings. The number of likely N-dealkylation sites (N-methyl/N-ethyl adjacent to an activating group) is 1. The van der Waals surface area contributed by atoms with Gasteiger partial charge >= 0.3 is 6.18 Å². The van der Waals surface area contributed by atoms with Crippen molar-refractivity contribution in [2.45, 2.75) is 18.6 Å². The number of rotatable bonds is 6. The maximum Gasteiger partial charge on any atom is 0.405 e. The molecule has 1 unspecified atom stereocenters. The van der Waals surface area contributed by atoms with E-state index in [-0.39, 0.29) is 6.54 Å². The molecule has 0 aromatic rings. The van der Waals surface area contributed by atoms with Gasteiger partial charge in [0.05, 0.1) is 0 Å². The molecule has 1 atom stereocenters. The number of hydrogen-bond donors (Lipinski definition) is 1. The number of nitrogens with zero attached hydrogens (tertiary/aromatic N) is 2. The van der Waals surface area contributed by atoms with Gasteiger partial charge in [-0.1, -0.05) is 0 Å². The molecule has 0 bridgehead atoms. The molecule has 0 aliphatic heterocycles. The van der Waals surface area contributed by atoms with Crippen LogP contribution in [0.1, 0.15) is 6.42 Å². The summed E-state index contributed by atoms with van der Waals surface area (Å²) in [4.78, 5) is 3.21. The Hall–Kier alpha value is -0.330. The largest absolute Gasteiger partial charge is 0.405 e. The number of nitrogens with two attached hydrogens (primary N) is 1. The highest BCUT2D eigenvalue weighted by atomic mass is 19.4. The predicted octanol–water partition coefficient (Wildman–Crippen LogP) is 0.759. The predicted molar refractivity (Wildman–Crippen MR) is 54.7 cm³/mol. The van der Waals surface area contributed by atoms with E-state index in [1.807, 2.05) is 19.0 Å². The summed E-state index contributed by atoms with van der Waals surface area (Å²) in [6.07, 6.45) is -3.53. The van der Waals surface area contributed by atoms with Crippen LogP contribution in [-0.4, -0.2) is 62.8 Å². The molecule has 0 saturated carbocycles. The summed E-state index contributed by atoms with van der Waals surface area (Å²) in [6.45, 7) is 0.793. The third-order valence-electron chi connectivity index (χ3n) is 2.25. The topological polar surface area (TPSA) is 32.5 Å². The Morgan fingerprint density at radius 2 is 1.67 bits per heavy atom. The molecule has 15 heavy (non-hydrogen) atoms. The Bertz CT molecular complexity index is 170. The normalized spacial score (nSPS) is 15.0. The van der Waals surface area contributed by atoms with E-state index < -0.39 is 12.2 Å². The first-order valence-electron chi connectivity index (χ1n) is 4.90. The summed E-state index contributed by atoms with van der Waals surface area (Å²) in [5, 5.41) is 0. The maximum absolute atomic E-state index is 12.4. The van der Waals surface area contributed by atoms with Gasteiger partial charge in [-0.25, -0.2) is 0 Å². The first kappa shape index (κ1) is 14.7. The summed E-state index contributed by atoms with van der Waals surface area (Å²) < 4.78 is 37.3. The second-order valence-corrected chi connectivity index (χ2v) is 3.93. The average molecular weight is 227 g/mol. The zero-order valence-corrected chi connectivity index (χ0v) is 9.51. The summed E-state index contributed by atoms with van der Waals surface area (Å²) in [6, 6.07) is -1.53. The van der Waals surface area contributed by atoms with E-state index in [2.05, 4.69) is 0 Å². The second-order valence-electron chi connectivity index (χ2n) is 3.93. The van der Waals surface area contributed by atoms with Crippen LogP contribution in [0.15, 0.2) is 0 Å². The monoisotopic (exact) mass is 227 g/mol. The van der Waals surface area contributed by atoms with Crippen molar-refractivity contribution in [3.8, 4) is 0 Å². The summed E-state index contributed by atoms with van der Waals surface area (Å²) in [5.41, 5.74) is 5.12. The van der Waals surface area contributed by atoms with Crippen LogP contribution in [0.4, 0.5) is 13.2 Å². The highest BCUT2D eigenvalue weighted by Gasteiger charge is 2.40. The molecular formula is C9H20F3N3. The van der Waals surface area contributed by atoms with Gasteiger partial charge in [-0.15, -0.1) is 0 Å². The van der Waals surface area contributed by atoms with Gasteiger partial charge in [-0.05, 0) is 40.7 Å². The van der Waals surface area contributed by atoms with Crippen molar-refractivity contribution in [3.05, 3.63) is 0 Å². The van der Waals surface area contributed by atoms with Crippen molar-refractivity contribution in [2.24, 2.45) is 5.73 Å². The average Bonchev–Trinajstić information content (AvgIpc) is 2.01. The van der Waals surface area contributed by atoms with Crippen LogP contribution < -0.4 is 5.73 Å². The quantitative estimate of drug-likeness (QED) is 0.727. The van der Waals surface area contributed by atoms with E-state index >= 15 is 0 Å². The molecule has 0 heterocycles.